The summed E-state index contributed by atoms with van der Waals surface area (Å²) in [6, 6.07) is 0.894. The lowest BCUT2D eigenvalue weighted by Gasteiger charge is -1.99. The Morgan fingerprint density at radius 2 is 1.46 bits per heavy atom. The van der Waals surface area contributed by atoms with E-state index < -0.39 is 37.6 Å². The maximum atomic E-state index is 10.4. The Labute approximate surface area is 146 Å². The molecule has 2 rings (SSSR count). The van der Waals surface area contributed by atoms with Gasteiger partial charge in [0.15, 0.2) is 0 Å². The fourth-order valence-electron chi connectivity index (χ4n) is 2.04. The molecule has 2 aromatic rings. The number of rotatable bonds is 4. The van der Waals surface area contributed by atoms with Gasteiger partial charge in [-0.1, -0.05) is 13.8 Å². The largest absolute Gasteiger partial charge is 0.497 e. The van der Waals surface area contributed by atoms with E-state index in [0.717, 1.165) is 0 Å². The molecule has 1 aromatic heterocycles. The number of hydrogen-bond donors (Lipinski definition) is 2. The molecule has 0 radical (unpaired) electrons. The molecule has 0 spiro atoms. The van der Waals surface area contributed by atoms with E-state index in [9.17, 15) is 30.3 Å². The highest BCUT2D eigenvalue weighted by molar-refractivity contribution is 5.64. The van der Waals surface area contributed by atoms with E-state index in [-0.39, 0.29) is 0 Å². The van der Waals surface area contributed by atoms with Crippen molar-refractivity contribution in [2.45, 2.75) is 33.6 Å². The number of phenols is 1. The predicted octanol–water partition coefficient (Wildman–Crippen LogP) is 3.27. The molecular weight excluding hydrogens is 350 g/mol. The van der Waals surface area contributed by atoms with Crippen LogP contribution in [0.15, 0.2) is 12.1 Å². The number of nitro groups is 3. The molecule has 12 heteroatoms. The quantitative estimate of drug-likeness (QED) is 0.610. The van der Waals surface area contributed by atoms with Crippen LogP contribution in [-0.2, 0) is 0 Å². The Morgan fingerprint density at radius 3 is 1.69 bits per heavy atom. The number of non-ortho nitro benzene ring substituents is 1. The number of nitrogens with one attached hydrogen (secondary N) is 1. The number of H-pyrrole nitrogens is 1. The molecule has 0 fully saturated rings. The molecule has 1 heterocycles. The fraction of sp³-hybridized carbons (Fsp3) is 0.357. The van der Waals surface area contributed by atoms with Gasteiger partial charge in [0.25, 0.3) is 11.4 Å². The summed E-state index contributed by atoms with van der Waals surface area (Å²) in [4.78, 5) is 27.8. The molecule has 1 aromatic carbocycles. The second kappa shape index (κ2) is 8.00. The molecule has 0 aliphatic heterocycles. The third-order valence-corrected chi connectivity index (χ3v) is 3.50. The maximum absolute atomic E-state index is 10.4. The average molecular weight is 367 g/mol. The predicted molar refractivity (Wildman–Crippen MR) is 90.2 cm³/mol. The van der Waals surface area contributed by atoms with Crippen molar-refractivity contribution in [3.05, 3.63) is 59.4 Å². The Morgan fingerprint density at radius 1 is 1.00 bits per heavy atom. The number of aromatic amines is 1. The fourth-order valence-corrected chi connectivity index (χ4v) is 2.04. The molecule has 140 valence electrons. The SMILES string of the molecule is Cc1[nH]nc(C(C)C)c1C.O=[N+]([O-])c1cc([N+](=O)[O-])c(O)c([N+](=O)[O-])c1. The zero-order chi connectivity index (χ0) is 20.2. The first-order chi connectivity index (χ1) is 12.0. The number of nitrogens with zero attached hydrogens (tertiary/aromatic N) is 4. The molecule has 0 saturated carbocycles. The molecule has 12 nitrogen and oxygen atoms in total. The van der Waals surface area contributed by atoms with Crippen molar-refractivity contribution in [3.63, 3.8) is 0 Å². The Hall–Kier alpha value is -3.57. The summed E-state index contributed by atoms with van der Waals surface area (Å²) in [5.74, 6) is -0.675. The van der Waals surface area contributed by atoms with Crippen LogP contribution in [-0.4, -0.2) is 30.1 Å². The van der Waals surface area contributed by atoms with Crippen molar-refractivity contribution in [2.75, 3.05) is 0 Å². The highest BCUT2D eigenvalue weighted by Gasteiger charge is 2.30. The monoisotopic (exact) mass is 367 g/mol. The minimum Gasteiger partial charge on any atom is -0.497 e. The Bertz CT molecular complexity index is 824. The molecule has 2 N–H and O–H groups in total. The van der Waals surface area contributed by atoms with Gasteiger partial charge in [0, 0.05) is 5.69 Å². The minimum atomic E-state index is -1.21. The Balaban J connectivity index is 0.000000289. The van der Waals surface area contributed by atoms with E-state index >= 15 is 0 Å². The summed E-state index contributed by atoms with van der Waals surface area (Å²) in [6.45, 7) is 8.47. The number of benzene rings is 1. The van der Waals surface area contributed by atoms with Gasteiger partial charge in [-0.2, -0.15) is 5.10 Å². The number of nitro benzene ring substituents is 3. The molecular formula is C14H17N5O7. The summed E-state index contributed by atoms with van der Waals surface area (Å²) in [5.41, 5.74) is 0.675. The van der Waals surface area contributed by atoms with Crippen LogP contribution in [0.5, 0.6) is 5.75 Å². The second-order valence-corrected chi connectivity index (χ2v) is 5.62. The topological polar surface area (TPSA) is 178 Å². The first-order valence-electron chi connectivity index (χ1n) is 7.29. The highest BCUT2D eigenvalue weighted by Crippen LogP contribution is 2.38. The van der Waals surface area contributed by atoms with Crippen LogP contribution < -0.4 is 0 Å². The van der Waals surface area contributed by atoms with Gasteiger partial charge in [0.2, 0.25) is 0 Å². The molecule has 0 atom stereocenters. The highest BCUT2D eigenvalue weighted by atomic mass is 16.6. The number of aromatic hydroxyl groups is 1. The smallest absolute Gasteiger partial charge is 0.324 e. The lowest BCUT2D eigenvalue weighted by molar-refractivity contribution is -0.404. The van der Waals surface area contributed by atoms with Crippen molar-refractivity contribution in [1.29, 1.82) is 0 Å². The normalized spacial score (nSPS) is 10.2. The second-order valence-electron chi connectivity index (χ2n) is 5.62. The van der Waals surface area contributed by atoms with E-state index in [1.54, 1.807) is 0 Å². The molecule has 0 amide bonds. The van der Waals surface area contributed by atoms with Gasteiger partial charge in [-0.3, -0.25) is 35.4 Å². The van der Waals surface area contributed by atoms with Gasteiger partial charge in [0.05, 0.1) is 32.6 Å². The van der Waals surface area contributed by atoms with Crippen molar-refractivity contribution in [1.82, 2.24) is 10.2 Å². The average Bonchev–Trinajstić information content (AvgIpc) is 2.87. The molecule has 0 unspecified atom stereocenters. The van der Waals surface area contributed by atoms with Crippen LogP contribution in [0, 0.1) is 44.2 Å². The lowest BCUT2D eigenvalue weighted by Crippen LogP contribution is -1.97. The number of phenolic OH excluding ortho intramolecular Hbond substituents is 1. The van der Waals surface area contributed by atoms with Gasteiger partial charge in [-0.25, -0.2) is 0 Å². The van der Waals surface area contributed by atoms with Gasteiger partial charge >= 0.3 is 11.4 Å². The molecule has 0 aliphatic carbocycles. The summed E-state index contributed by atoms with van der Waals surface area (Å²) >= 11 is 0. The van der Waals surface area contributed by atoms with E-state index in [4.69, 9.17) is 5.11 Å². The van der Waals surface area contributed by atoms with Gasteiger partial charge in [-0.15, -0.1) is 0 Å². The summed E-state index contributed by atoms with van der Waals surface area (Å²) < 4.78 is 0. The number of aromatic nitrogens is 2. The van der Waals surface area contributed by atoms with Crippen molar-refractivity contribution < 1.29 is 19.9 Å². The third-order valence-electron chi connectivity index (χ3n) is 3.50. The van der Waals surface area contributed by atoms with Crippen LogP contribution in [0.25, 0.3) is 0 Å². The third kappa shape index (κ3) is 4.49. The van der Waals surface area contributed by atoms with Crippen molar-refractivity contribution in [3.8, 4) is 5.75 Å². The van der Waals surface area contributed by atoms with E-state index in [1.807, 2.05) is 6.92 Å². The van der Waals surface area contributed by atoms with Crippen molar-refractivity contribution in [2.24, 2.45) is 0 Å². The first-order valence-corrected chi connectivity index (χ1v) is 7.29. The Kier molecular flexibility index (Phi) is 6.30. The van der Waals surface area contributed by atoms with Crippen LogP contribution >= 0.6 is 0 Å². The van der Waals surface area contributed by atoms with Gasteiger partial charge < -0.3 is 5.11 Å². The summed E-state index contributed by atoms with van der Waals surface area (Å²) in [5, 5.41) is 47.4. The maximum Gasteiger partial charge on any atom is 0.324 e. The minimum absolute atomic E-state index is 0.447. The number of aryl methyl sites for hydroxylation is 1. The molecule has 0 bridgehead atoms. The van der Waals surface area contributed by atoms with Crippen LogP contribution in [0.4, 0.5) is 17.1 Å². The van der Waals surface area contributed by atoms with Crippen LogP contribution in [0.3, 0.4) is 0 Å². The summed E-state index contributed by atoms with van der Waals surface area (Å²) in [7, 11) is 0. The van der Waals surface area contributed by atoms with E-state index in [0.29, 0.717) is 18.1 Å². The lowest BCUT2D eigenvalue weighted by atomic mass is 10.1. The molecule has 0 saturated heterocycles. The van der Waals surface area contributed by atoms with E-state index in [1.165, 1.54) is 17.0 Å². The molecule has 26 heavy (non-hydrogen) atoms. The number of hydrogen-bond acceptors (Lipinski definition) is 8. The van der Waals surface area contributed by atoms with E-state index in [2.05, 4.69) is 31.0 Å². The van der Waals surface area contributed by atoms with Crippen LogP contribution in [0.1, 0.15) is 36.7 Å². The first kappa shape index (κ1) is 20.5. The van der Waals surface area contributed by atoms with Crippen molar-refractivity contribution >= 4 is 17.1 Å². The van der Waals surface area contributed by atoms with Gasteiger partial charge in [0.1, 0.15) is 0 Å². The van der Waals surface area contributed by atoms with Crippen LogP contribution in [0.2, 0.25) is 0 Å². The standard InChI is InChI=1S/C8H14N2.C6H3N3O7/c1-5(2)8-6(3)7(4)9-10-8;10-6-4(8(13)14)1-3(7(11)12)2-5(6)9(15)16/h5H,1-4H3,(H,9,10);1-2,10H. The zero-order valence-electron chi connectivity index (χ0n) is 14.4. The molecule has 0 aliphatic rings. The summed E-state index contributed by atoms with van der Waals surface area (Å²) in [6.07, 6.45) is 0. The van der Waals surface area contributed by atoms with Gasteiger partial charge in [-0.05, 0) is 25.3 Å². The zero-order valence-corrected chi connectivity index (χ0v) is 14.4.